The minimum atomic E-state index is 1.21. The van der Waals surface area contributed by atoms with E-state index < -0.39 is 0 Å². The van der Waals surface area contributed by atoms with Crippen LogP contribution in [0.2, 0.25) is 0 Å². The average molecular weight is 218 g/mol. The van der Waals surface area contributed by atoms with Crippen LogP contribution >= 0.6 is 0 Å². The highest BCUT2D eigenvalue weighted by atomic mass is 14.9. The molecule has 89 valence electrons. The van der Waals surface area contributed by atoms with Gasteiger partial charge in [0.2, 0.25) is 0 Å². The molecular formula is C15H24N. The molecule has 16 heavy (non-hydrogen) atoms. The largest absolute Gasteiger partial charge is 0.257 e. The minimum Gasteiger partial charge on any atom is -0.257 e. The summed E-state index contributed by atoms with van der Waals surface area (Å²) >= 11 is 0. The topological polar surface area (TPSA) is 14.1 Å². The summed E-state index contributed by atoms with van der Waals surface area (Å²) in [5, 5.41) is 4.85. The molecule has 0 saturated heterocycles. The van der Waals surface area contributed by atoms with Crippen LogP contribution in [0.1, 0.15) is 71.6 Å². The number of unbranched alkanes of at least 4 members (excludes halogenated alkanes) is 3. The fraction of sp³-hybridized carbons (Fsp3) is 0.733. The molecule has 1 heterocycles. The van der Waals surface area contributed by atoms with Crippen LogP contribution in [0.3, 0.4) is 0 Å². The van der Waals surface area contributed by atoms with Crippen molar-refractivity contribution in [3.63, 3.8) is 0 Å². The first-order valence-corrected chi connectivity index (χ1v) is 6.96. The van der Waals surface area contributed by atoms with Crippen molar-refractivity contribution in [2.75, 3.05) is 0 Å². The molecule has 0 atom stereocenters. The molecule has 1 heteroatoms. The van der Waals surface area contributed by atoms with Crippen molar-refractivity contribution in [1.29, 1.82) is 0 Å². The molecule has 1 aliphatic heterocycles. The fourth-order valence-corrected chi connectivity index (χ4v) is 2.80. The van der Waals surface area contributed by atoms with Crippen molar-refractivity contribution in [3.8, 4) is 0 Å². The SMILES string of the molecule is CCCCCCC1=C(C)C2=C(CCCC2)[N]1. The van der Waals surface area contributed by atoms with E-state index in [4.69, 9.17) is 5.32 Å². The summed E-state index contributed by atoms with van der Waals surface area (Å²) in [7, 11) is 0. The second kappa shape index (κ2) is 5.56. The maximum absolute atomic E-state index is 4.85. The van der Waals surface area contributed by atoms with Crippen LogP contribution in [0.5, 0.6) is 0 Å². The number of hydrogen-bond donors (Lipinski definition) is 0. The van der Waals surface area contributed by atoms with Gasteiger partial charge in [-0.25, -0.2) is 0 Å². The Bertz CT molecular complexity index is 309. The Morgan fingerprint density at radius 3 is 2.62 bits per heavy atom. The third-order valence-corrected chi connectivity index (χ3v) is 3.86. The average Bonchev–Trinajstić information content (AvgIpc) is 2.63. The Kier molecular flexibility index (Phi) is 4.09. The molecule has 0 bridgehead atoms. The lowest BCUT2D eigenvalue weighted by molar-refractivity contribution is 0.633. The minimum absolute atomic E-state index is 1.21. The van der Waals surface area contributed by atoms with E-state index in [0.717, 1.165) is 0 Å². The molecule has 2 rings (SSSR count). The van der Waals surface area contributed by atoms with Gasteiger partial charge in [0.15, 0.2) is 0 Å². The molecule has 0 aromatic rings. The normalized spacial score (nSPS) is 20.1. The van der Waals surface area contributed by atoms with E-state index in [9.17, 15) is 0 Å². The summed E-state index contributed by atoms with van der Waals surface area (Å²) in [6.07, 6.45) is 11.8. The molecule has 0 N–H and O–H groups in total. The molecule has 2 aliphatic rings. The Morgan fingerprint density at radius 2 is 1.88 bits per heavy atom. The van der Waals surface area contributed by atoms with Crippen molar-refractivity contribution in [3.05, 3.63) is 22.5 Å². The van der Waals surface area contributed by atoms with Gasteiger partial charge in [0, 0.05) is 11.4 Å². The van der Waals surface area contributed by atoms with Gasteiger partial charge < -0.3 is 0 Å². The lowest BCUT2D eigenvalue weighted by Gasteiger charge is -2.13. The van der Waals surface area contributed by atoms with Gasteiger partial charge in [-0.05, 0) is 56.6 Å². The van der Waals surface area contributed by atoms with E-state index in [1.165, 1.54) is 74.8 Å². The summed E-state index contributed by atoms with van der Waals surface area (Å²) in [4.78, 5) is 0. The van der Waals surface area contributed by atoms with E-state index in [1.807, 2.05) is 0 Å². The molecule has 0 aromatic heterocycles. The van der Waals surface area contributed by atoms with Crippen LogP contribution in [0.4, 0.5) is 0 Å². The van der Waals surface area contributed by atoms with Gasteiger partial charge in [-0.3, -0.25) is 5.32 Å². The highest BCUT2D eigenvalue weighted by Crippen LogP contribution is 2.37. The van der Waals surface area contributed by atoms with Crippen LogP contribution in [-0.2, 0) is 0 Å². The molecular weight excluding hydrogens is 194 g/mol. The lowest BCUT2D eigenvalue weighted by Crippen LogP contribution is -2.03. The Balaban J connectivity index is 1.86. The van der Waals surface area contributed by atoms with Crippen LogP contribution in [0, 0.1) is 0 Å². The van der Waals surface area contributed by atoms with E-state index in [-0.39, 0.29) is 0 Å². The fourth-order valence-electron chi connectivity index (χ4n) is 2.80. The summed E-state index contributed by atoms with van der Waals surface area (Å²) in [6, 6.07) is 0. The van der Waals surface area contributed by atoms with E-state index in [1.54, 1.807) is 5.57 Å². The van der Waals surface area contributed by atoms with Gasteiger partial charge in [-0.2, -0.15) is 0 Å². The summed E-state index contributed by atoms with van der Waals surface area (Å²) in [5.74, 6) is 0. The summed E-state index contributed by atoms with van der Waals surface area (Å²) in [6.45, 7) is 4.55. The molecule has 0 saturated carbocycles. The Labute approximate surface area is 100 Å². The maximum atomic E-state index is 4.85. The highest BCUT2D eigenvalue weighted by molar-refractivity contribution is 5.44. The number of hydrogen-bond acceptors (Lipinski definition) is 0. The highest BCUT2D eigenvalue weighted by Gasteiger charge is 2.24. The summed E-state index contributed by atoms with van der Waals surface area (Å²) in [5.41, 5.74) is 5.94. The van der Waals surface area contributed by atoms with Crippen molar-refractivity contribution >= 4 is 0 Å². The second-order valence-electron chi connectivity index (χ2n) is 5.13. The second-order valence-corrected chi connectivity index (χ2v) is 5.13. The third kappa shape index (κ3) is 2.50. The lowest BCUT2D eigenvalue weighted by atomic mass is 9.93. The maximum Gasteiger partial charge on any atom is 0.0442 e. The number of rotatable bonds is 5. The van der Waals surface area contributed by atoms with Crippen LogP contribution in [0.15, 0.2) is 22.5 Å². The Hall–Kier alpha value is -0.720. The van der Waals surface area contributed by atoms with Gasteiger partial charge in [0.1, 0.15) is 0 Å². The van der Waals surface area contributed by atoms with Gasteiger partial charge in [0.05, 0.1) is 0 Å². The van der Waals surface area contributed by atoms with Gasteiger partial charge in [0.25, 0.3) is 0 Å². The van der Waals surface area contributed by atoms with Crippen molar-refractivity contribution < 1.29 is 0 Å². The molecule has 1 nitrogen and oxygen atoms in total. The first-order chi connectivity index (χ1) is 7.83. The standard InChI is InChI=1S/C15H24N/c1-3-4-5-6-10-14-12(2)13-9-7-8-11-15(13)16-14/h3-11H2,1-2H3. The zero-order chi connectivity index (χ0) is 11.4. The van der Waals surface area contributed by atoms with Crippen molar-refractivity contribution in [2.24, 2.45) is 0 Å². The predicted octanol–water partition coefficient (Wildman–Crippen LogP) is 4.68. The smallest absolute Gasteiger partial charge is 0.0442 e. The van der Waals surface area contributed by atoms with E-state index in [0.29, 0.717) is 0 Å². The van der Waals surface area contributed by atoms with Crippen molar-refractivity contribution in [2.45, 2.75) is 71.6 Å². The number of allylic oxidation sites excluding steroid dienone is 4. The van der Waals surface area contributed by atoms with E-state index in [2.05, 4.69) is 13.8 Å². The van der Waals surface area contributed by atoms with Gasteiger partial charge in [-0.15, -0.1) is 0 Å². The van der Waals surface area contributed by atoms with E-state index >= 15 is 0 Å². The molecule has 0 aromatic carbocycles. The molecule has 0 fully saturated rings. The van der Waals surface area contributed by atoms with Crippen LogP contribution in [-0.4, -0.2) is 0 Å². The third-order valence-electron chi connectivity index (χ3n) is 3.86. The quantitative estimate of drug-likeness (QED) is 0.595. The van der Waals surface area contributed by atoms with Gasteiger partial charge in [-0.1, -0.05) is 26.2 Å². The zero-order valence-corrected chi connectivity index (χ0v) is 10.8. The molecule has 0 amide bonds. The van der Waals surface area contributed by atoms with Crippen molar-refractivity contribution in [1.82, 2.24) is 5.32 Å². The first kappa shape index (κ1) is 11.8. The first-order valence-electron chi connectivity index (χ1n) is 6.96. The van der Waals surface area contributed by atoms with Gasteiger partial charge >= 0.3 is 0 Å². The predicted molar refractivity (Wildman–Crippen MR) is 69.1 cm³/mol. The van der Waals surface area contributed by atoms with Crippen LogP contribution in [0.25, 0.3) is 0 Å². The number of nitrogens with zero attached hydrogens (tertiary/aromatic N) is 1. The molecule has 1 radical (unpaired) electrons. The monoisotopic (exact) mass is 218 g/mol. The Morgan fingerprint density at radius 1 is 1.06 bits per heavy atom. The molecule has 1 aliphatic carbocycles. The molecule has 0 spiro atoms. The van der Waals surface area contributed by atoms with Crippen LogP contribution < -0.4 is 5.32 Å². The zero-order valence-electron chi connectivity index (χ0n) is 10.8. The summed E-state index contributed by atoms with van der Waals surface area (Å²) < 4.78 is 0. The molecule has 0 unspecified atom stereocenters.